The maximum Gasteiger partial charge on any atom is 0.389 e. The summed E-state index contributed by atoms with van der Waals surface area (Å²) in [6.45, 7) is 3.18. The standard InChI is InChI=1S/C31H31F3N4O3/c1-20(30(40)35-18-26-6-3-15-41-26)21-7-9-22(10-8-21)23-11-12-28-27(16-23)36-19-38(28)25-5-2-4-24(17-25)37-29(39)13-14-31(32,33)34/h2,4-5,7-12,16-17,19-20,26H,3,6,13-15,18H2,1H3,(H,35,40)(H,37,39). The Morgan fingerprint density at radius 2 is 1.85 bits per heavy atom. The molecule has 0 saturated carbocycles. The van der Waals surface area contributed by atoms with E-state index in [1.54, 1.807) is 24.5 Å². The summed E-state index contributed by atoms with van der Waals surface area (Å²) in [5.74, 6) is -1.00. The van der Waals surface area contributed by atoms with Crippen LogP contribution < -0.4 is 10.6 Å². The molecular formula is C31H31F3N4O3. The molecule has 1 aliphatic rings. The molecule has 1 aromatic heterocycles. The molecule has 41 heavy (non-hydrogen) atoms. The first kappa shape index (κ1) is 28.4. The Hall–Kier alpha value is -4.18. The number of benzene rings is 3. The second-order valence-electron chi connectivity index (χ2n) is 10.3. The number of carbonyl (C=O) groups excluding carboxylic acids is 2. The Balaban J connectivity index is 1.26. The maximum absolute atomic E-state index is 12.6. The van der Waals surface area contributed by atoms with Gasteiger partial charge in [-0.05, 0) is 66.8 Å². The predicted octanol–water partition coefficient (Wildman–Crippen LogP) is 6.37. The Labute approximate surface area is 235 Å². The Kier molecular flexibility index (Phi) is 8.39. The number of hydrogen-bond donors (Lipinski definition) is 2. The van der Waals surface area contributed by atoms with Crippen LogP contribution in [0.25, 0.3) is 27.8 Å². The smallest absolute Gasteiger partial charge is 0.376 e. The topological polar surface area (TPSA) is 85.2 Å². The molecule has 2 N–H and O–H groups in total. The lowest BCUT2D eigenvalue weighted by atomic mass is 9.96. The van der Waals surface area contributed by atoms with Crippen molar-refractivity contribution < 1.29 is 27.5 Å². The minimum absolute atomic E-state index is 0.0230. The van der Waals surface area contributed by atoms with Crippen LogP contribution in [0.4, 0.5) is 18.9 Å². The molecule has 214 valence electrons. The number of carbonyl (C=O) groups is 2. The molecule has 3 aromatic carbocycles. The largest absolute Gasteiger partial charge is 0.389 e. The van der Waals surface area contributed by atoms with Gasteiger partial charge in [0.1, 0.15) is 6.33 Å². The number of aromatic nitrogens is 2. The van der Waals surface area contributed by atoms with Crippen molar-refractivity contribution in [3.8, 4) is 16.8 Å². The summed E-state index contributed by atoms with van der Waals surface area (Å²) in [6, 6.07) is 20.7. The van der Waals surface area contributed by atoms with E-state index in [1.807, 2.05) is 60.0 Å². The zero-order valence-corrected chi connectivity index (χ0v) is 22.6. The van der Waals surface area contributed by atoms with Crippen LogP contribution in [0.1, 0.15) is 44.1 Å². The van der Waals surface area contributed by atoms with Gasteiger partial charge in [0, 0.05) is 30.9 Å². The lowest BCUT2D eigenvalue weighted by molar-refractivity contribution is -0.142. The van der Waals surface area contributed by atoms with Crippen LogP contribution in [0.3, 0.4) is 0 Å². The number of imidazole rings is 1. The summed E-state index contributed by atoms with van der Waals surface area (Å²) in [4.78, 5) is 29.1. The van der Waals surface area contributed by atoms with Crippen LogP contribution in [-0.4, -0.2) is 46.8 Å². The molecular weight excluding hydrogens is 533 g/mol. The van der Waals surface area contributed by atoms with E-state index >= 15 is 0 Å². The van der Waals surface area contributed by atoms with Crippen molar-refractivity contribution in [1.29, 1.82) is 0 Å². The molecule has 2 amide bonds. The van der Waals surface area contributed by atoms with Crippen molar-refractivity contribution in [2.75, 3.05) is 18.5 Å². The highest BCUT2D eigenvalue weighted by atomic mass is 19.4. The van der Waals surface area contributed by atoms with Crippen molar-refractivity contribution >= 4 is 28.5 Å². The highest BCUT2D eigenvalue weighted by Crippen LogP contribution is 2.28. The highest BCUT2D eigenvalue weighted by Gasteiger charge is 2.28. The predicted molar refractivity (Wildman–Crippen MR) is 151 cm³/mol. The number of rotatable bonds is 9. The first-order valence-corrected chi connectivity index (χ1v) is 13.6. The molecule has 10 heteroatoms. The van der Waals surface area contributed by atoms with Crippen molar-refractivity contribution in [3.05, 3.63) is 78.6 Å². The number of nitrogens with one attached hydrogen (secondary N) is 2. The van der Waals surface area contributed by atoms with Gasteiger partial charge in [-0.2, -0.15) is 13.2 Å². The molecule has 0 spiro atoms. The average Bonchev–Trinajstić information content (AvgIpc) is 3.64. The zero-order valence-electron chi connectivity index (χ0n) is 22.6. The first-order chi connectivity index (χ1) is 19.7. The molecule has 1 aliphatic heterocycles. The van der Waals surface area contributed by atoms with Gasteiger partial charge in [0.05, 0.1) is 29.5 Å². The second kappa shape index (κ2) is 12.1. The number of amides is 2. The van der Waals surface area contributed by atoms with Gasteiger partial charge < -0.3 is 15.4 Å². The summed E-state index contributed by atoms with van der Waals surface area (Å²) < 4.78 is 44.7. The van der Waals surface area contributed by atoms with E-state index in [1.165, 1.54) is 0 Å². The highest BCUT2D eigenvalue weighted by molar-refractivity contribution is 5.91. The number of anilines is 1. The van der Waals surface area contributed by atoms with Gasteiger partial charge in [-0.1, -0.05) is 36.4 Å². The fourth-order valence-electron chi connectivity index (χ4n) is 4.90. The van der Waals surface area contributed by atoms with Gasteiger partial charge in [-0.3, -0.25) is 14.2 Å². The molecule has 1 saturated heterocycles. The van der Waals surface area contributed by atoms with Crippen molar-refractivity contribution in [2.24, 2.45) is 0 Å². The van der Waals surface area contributed by atoms with E-state index in [9.17, 15) is 22.8 Å². The van der Waals surface area contributed by atoms with Crippen molar-refractivity contribution in [2.45, 2.75) is 50.8 Å². The zero-order chi connectivity index (χ0) is 29.0. The number of halogens is 3. The monoisotopic (exact) mass is 564 g/mol. The molecule has 4 aromatic rings. The Bertz CT molecular complexity index is 1530. The Morgan fingerprint density at radius 1 is 1.07 bits per heavy atom. The third-order valence-electron chi connectivity index (χ3n) is 7.26. The molecule has 2 heterocycles. The van der Waals surface area contributed by atoms with E-state index < -0.39 is 24.9 Å². The van der Waals surface area contributed by atoms with Crippen LogP contribution in [0.15, 0.2) is 73.1 Å². The second-order valence-corrected chi connectivity index (χ2v) is 10.3. The quantitative estimate of drug-likeness (QED) is 0.247. The van der Waals surface area contributed by atoms with Crippen molar-refractivity contribution in [3.63, 3.8) is 0 Å². The molecule has 2 atom stereocenters. The van der Waals surface area contributed by atoms with Crippen LogP contribution in [-0.2, 0) is 14.3 Å². The van der Waals surface area contributed by atoms with Crippen LogP contribution in [0.2, 0.25) is 0 Å². The lowest BCUT2D eigenvalue weighted by Gasteiger charge is -2.15. The number of hydrogen-bond acceptors (Lipinski definition) is 4. The van der Waals surface area contributed by atoms with E-state index in [2.05, 4.69) is 15.6 Å². The molecule has 2 unspecified atom stereocenters. The summed E-state index contributed by atoms with van der Waals surface area (Å²) in [5, 5.41) is 5.52. The van der Waals surface area contributed by atoms with Gasteiger partial charge in [0.25, 0.3) is 0 Å². The maximum atomic E-state index is 12.6. The number of fused-ring (bicyclic) bond motifs is 1. The third kappa shape index (κ3) is 7.13. The van der Waals surface area contributed by atoms with Crippen LogP contribution in [0, 0.1) is 0 Å². The molecule has 1 fully saturated rings. The summed E-state index contributed by atoms with van der Waals surface area (Å²) in [6.07, 6.45) is -2.39. The molecule has 0 bridgehead atoms. The lowest BCUT2D eigenvalue weighted by Crippen LogP contribution is -2.34. The summed E-state index contributed by atoms with van der Waals surface area (Å²) in [7, 11) is 0. The van der Waals surface area contributed by atoms with Gasteiger partial charge in [-0.25, -0.2) is 4.98 Å². The van der Waals surface area contributed by atoms with E-state index in [0.717, 1.165) is 47.2 Å². The normalized spacial score (nSPS) is 16.0. The van der Waals surface area contributed by atoms with Gasteiger partial charge in [0.2, 0.25) is 11.8 Å². The number of ether oxygens (including phenoxy) is 1. The third-order valence-corrected chi connectivity index (χ3v) is 7.26. The summed E-state index contributed by atoms with van der Waals surface area (Å²) in [5.41, 5.74) is 5.59. The molecule has 0 radical (unpaired) electrons. The van der Waals surface area contributed by atoms with Crippen LogP contribution >= 0.6 is 0 Å². The van der Waals surface area contributed by atoms with Crippen LogP contribution in [0.5, 0.6) is 0 Å². The van der Waals surface area contributed by atoms with E-state index in [0.29, 0.717) is 17.9 Å². The summed E-state index contributed by atoms with van der Waals surface area (Å²) >= 11 is 0. The van der Waals surface area contributed by atoms with E-state index in [4.69, 9.17) is 4.74 Å². The van der Waals surface area contributed by atoms with Gasteiger partial charge in [0.15, 0.2) is 0 Å². The fraction of sp³-hybridized carbons (Fsp3) is 0.323. The van der Waals surface area contributed by atoms with E-state index in [-0.39, 0.29) is 17.9 Å². The number of alkyl halides is 3. The van der Waals surface area contributed by atoms with Crippen molar-refractivity contribution in [1.82, 2.24) is 14.9 Å². The minimum atomic E-state index is -4.38. The fourth-order valence-corrected chi connectivity index (χ4v) is 4.90. The van der Waals surface area contributed by atoms with Gasteiger partial charge >= 0.3 is 6.18 Å². The van der Waals surface area contributed by atoms with Gasteiger partial charge in [-0.15, -0.1) is 0 Å². The Morgan fingerprint density at radius 3 is 2.59 bits per heavy atom. The average molecular weight is 565 g/mol. The minimum Gasteiger partial charge on any atom is -0.376 e. The SMILES string of the molecule is CC(C(=O)NCC1CCCO1)c1ccc(-c2ccc3c(c2)ncn3-c2cccc(NC(=O)CCC(F)(F)F)c2)cc1. The molecule has 0 aliphatic carbocycles. The molecule has 5 rings (SSSR count). The molecule has 7 nitrogen and oxygen atoms in total. The first-order valence-electron chi connectivity index (χ1n) is 13.6. The number of nitrogens with zero attached hydrogens (tertiary/aromatic N) is 2.